The SMILES string of the molecule is CCN(CC)CC(C)NC(=O)N(CC(=O)O)CC(=O)O. The van der Waals surface area contributed by atoms with E-state index in [1.54, 1.807) is 6.92 Å². The fourth-order valence-corrected chi connectivity index (χ4v) is 1.74. The largest absolute Gasteiger partial charge is 0.480 e. The topological polar surface area (TPSA) is 110 Å². The van der Waals surface area contributed by atoms with E-state index in [0.717, 1.165) is 18.0 Å². The molecular formula is C12H23N3O5. The first-order chi connectivity index (χ1) is 9.29. The van der Waals surface area contributed by atoms with Gasteiger partial charge in [-0.25, -0.2) is 4.79 Å². The molecule has 0 saturated carbocycles. The van der Waals surface area contributed by atoms with Gasteiger partial charge in [-0.2, -0.15) is 0 Å². The first-order valence-corrected chi connectivity index (χ1v) is 6.51. The van der Waals surface area contributed by atoms with Crippen LogP contribution in [0.4, 0.5) is 4.79 Å². The maximum absolute atomic E-state index is 11.9. The van der Waals surface area contributed by atoms with Gasteiger partial charge in [0.1, 0.15) is 13.1 Å². The number of urea groups is 1. The molecule has 0 aromatic carbocycles. The molecule has 0 spiro atoms. The highest BCUT2D eigenvalue weighted by Crippen LogP contribution is 1.95. The lowest BCUT2D eigenvalue weighted by Gasteiger charge is -2.26. The Balaban J connectivity index is 4.50. The fourth-order valence-electron chi connectivity index (χ4n) is 1.74. The lowest BCUT2D eigenvalue weighted by Crippen LogP contribution is -2.50. The van der Waals surface area contributed by atoms with E-state index in [1.165, 1.54) is 0 Å². The van der Waals surface area contributed by atoms with E-state index in [-0.39, 0.29) is 6.04 Å². The summed E-state index contributed by atoms with van der Waals surface area (Å²) in [4.78, 5) is 36.0. The molecule has 1 unspecified atom stereocenters. The van der Waals surface area contributed by atoms with Crippen LogP contribution >= 0.6 is 0 Å². The van der Waals surface area contributed by atoms with Crippen LogP contribution in [-0.2, 0) is 9.59 Å². The highest BCUT2D eigenvalue weighted by Gasteiger charge is 2.21. The average Bonchev–Trinajstić information content (AvgIpc) is 2.33. The summed E-state index contributed by atoms with van der Waals surface area (Å²) in [5.41, 5.74) is 0. The van der Waals surface area contributed by atoms with Crippen LogP contribution in [0.15, 0.2) is 0 Å². The minimum atomic E-state index is -1.25. The van der Waals surface area contributed by atoms with Crippen molar-refractivity contribution in [3.8, 4) is 0 Å². The number of carboxylic acid groups (broad SMARTS) is 2. The molecule has 20 heavy (non-hydrogen) atoms. The minimum Gasteiger partial charge on any atom is -0.480 e. The van der Waals surface area contributed by atoms with Crippen LogP contribution in [0.3, 0.4) is 0 Å². The molecule has 0 heterocycles. The molecule has 3 N–H and O–H groups in total. The first kappa shape index (κ1) is 18.2. The van der Waals surface area contributed by atoms with E-state index < -0.39 is 31.1 Å². The van der Waals surface area contributed by atoms with Crippen molar-refractivity contribution in [3.05, 3.63) is 0 Å². The average molecular weight is 289 g/mol. The predicted octanol–water partition coefficient (Wildman–Crippen LogP) is -0.102. The van der Waals surface area contributed by atoms with Crippen molar-refractivity contribution in [1.82, 2.24) is 15.1 Å². The number of carbonyl (C=O) groups excluding carboxylic acids is 1. The van der Waals surface area contributed by atoms with Crippen LogP contribution in [-0.4, -0.2) is 76.7 Å². The van der Waals surface area contributed by atoms with Gasteiger partial charge in [0.25, 0.3) is 0 Å². The Labute approximate surface area is 118 Å². The Kier molecular flexibility index (Phi) is 8.30. The molecule has 0 fully saturated rings. The number of hydrogen-bond acceptors (Lipinski definition) is 4. The molecule has 0 radical (unpaired) electrons. The number of amides is 2. The van der Waals surface area contributed by atoms with Crippen molar-refractivity contribution >= 4 is 18.0 Å². The molecular weight excluding hydrogens is 266 g/mol. The highest BCUT2D eigenvalue weighted by molar-refractivity contribution is 5.84. The summed E-state index contributed by atoms with van der Waals surface area (Å²) in [6, 6.07) is -0.887. The van der Waals surface area contributed by atoms with E-state index in [9.17, 15) is 14.4 Å². The van der Waals surface area contributed by atoms with Crippen molar-refractivity contribution in [1.29, 1.82) is 0 Å². The Morgan fingerprint density at radius 1 is 1.05 bits per heavy atom. The molecule has 2 amide bonds. The van der Waals surface area contributed by atoms with Crippen molar-refractivity contribution in [2.45, 2.75) is 26.8 Å². The number of nitrogens with one attached hydrogen (secondary N) is 1. The number of aliphatic carboxylic acids is 2. The van der Waals surface area contributed by atoms with Crippen LogP contribution in [0.25, 0.3) is 0 Å². The van der Waals surface area contributed by atoms with Gasteiger partial charge >= 0.3 is 18.0 Å². The van der Waals surface area contributed by atoms with Gasteiger partial charge in [0.2, 0.25) is 0 Å². The summed E-state index contributed by atoms with van der Waals surface area (Å²) in [5.74, 6) is -2.50. The summed E-state index contributed by atoms with van der Waals surface area (Å²) < 4.78 is 0. The predicted molar refractivity (Wildman–Crippen MR) is 72.6 cm³/mol. The van der Waals surface area contributed by atoms with Gasteiger partial charge in [-0.3, -0.25) is 9.59 Å². The smallest absolute Gasteiger partial charge is 0.323 e. The van der Waals surface area contributed by atoms with Gasteiger partial charge in [0.15, 0.2) is 0 Å². The third-order valence-corrected chi connectivity index (χ3v) is 2.74. The molecule has 1 atom stereocenters. The monoisotopic (exact) mass is 289 g/mol. The molecule has 0 rings (SSSR count). The fraction of sp³-hybridized carbons (Fsp3) is 0.750. The van der Waals surface area contributed by atoms with E-state index in [4.69, 9.17) is 10.2 Å². The zero-order chi connectivity index (χ0) is 15.7. The molecule has 8 heteroatoms. The van der Waals surface area contributed by atoms with Crippen LogP contribution in [0.1, 0.15) is 20.8 Å². The van der Waals surface area contributed by atoms with Gasteiger partial charge in [-0.15, -0.1) is 0 Å². The zero-order valence-electron chi connectivity index (χ0n) is 12.1. The van der Waals surface area contributed by atoms with E-state index in [1.807, 2.05) is 13.8 Å². The van der Waals surface area contributed by atoms with Crippen molar-refractivity contribution < 1.29 is 24.6 Å². The van der Waals surface area contributed by atoms with Crippen molar-refractivity contribution in [2.75, 3.05) is 32.7 Å². The molecule has 8 nitrogen and oxygen atoms in total. The second-order valence-electron chi connectivity index (χ2n) is 4.48. The third-order valence-electron chi connectivity index (χ3n) is 2.74. The van der Waals surface area contributed by atoms with Crippen LogP contribution < -0.4 is 5.32 Å². The summed E-state index contributed by atoms with van der Waals surface area (Å²) in [6.45, 7) is 6.79. The standard InChI is InChI=1S/C12H23N3O5/c1-4-14(5-2)6-9(3)13-12(20)15(7-10(16)17)8-11(18)19/h9H,4-8H2,1-3H3,(H,13,20)(H,16,17)(H,18,19). The third kappa shape index (κ3) is 7.57. The Morgan fingerprint density at radius 3 is 1.85 bits per heavy atom. The maximum atomic E-state index is 11.9. The van der Waals surface area contributed by atoms with Gasteiger partial charge < -0.3 is 25.3 Å². The lowest BCUT2D eigenvalue weighted by atomic mass is 10.3. The second-order valence-corrected chi connectivity index (χ2v) is 4.48. The molecule has 0 aliphatic carbocycles. The van der Waals surface area contributed by atoms with Gasteiger partial charge in [0, 0.05) is 12.6 Å². The normalized spacial score (nSPS) is 12.0. The van der Waals surface area contributed by atoms with Crippen LogP contribution in [0.2, 0.25) is 0 Å². The van der Waals surface area contributed by atoms with Crippen molar-refractivity contribution in [2.24, 2.45) is 0 Å². The zero-order valence-corrected chi connectivity index (χ0v) is 12.1. The molecule has 0 bridgehead atoms. The Bertz CT molecular complexity index is 328. The lowest BCUT2D eigenvalue weighted by molar-refractivity contribution is -0.140. The Morgan fingerprint density at radius 2 is 1.50 bits per heavy atom. The number of likely N-dealkylation sites (N-methyl/N-ethyl adjacent to an activating group) is 1. The maximum Gasteiger partial charge on any atom is 0.323 e. The second kappa shape index (κ2) is 9.13. The molecule has 0 aromatic rings. The van der Waals surface area contributed by atoms with Crippen molar-refractivity contribution in [3.63, 3.8) is 0 Å². The number of nitrogens with zero attached hydrogens (tertiary/aromatic N) is 2. The number of carbonyl (C=O) groups is 3. The highest BCUT2D eigenvalue weighted by atomic mass is 16.4. The summed E-state index contributed by atoms with van der Waals surface area (Å²) in [5, 5.41) is 20.0. The molecule has 116 valence electrons. The van der Waals surface area contributed by atoms with Crippen LogP contribution in [0, 0.1) is 0 Å². The van der Waals surface area contributed by atoms with E-state index in [2.05, 4.69) is 10.2 Å². The number of rotatable bonds is 9. The van der Waals surface area contributed by atoms with Crippen LogP contribution in [0.5, 0.6) is 0 Å². The van der Waals surface area contributed by atoms with Gasteiger partial charge in [-0.05, 0) is 20.0 Å². The molecule has 0 aliphatic heterocycles. The van der Waals surface area contributed by atoms with E-state index in [0.29, 0.717) is 6.54 Å². The molecule has 0 aliphatic rings. The van der Waals surface area contributed by atoms with E-state index >= 15 is 0 Å². The number of carboxylic acids is 2. The number of hydrogen-bond donors (Lipinski definition) is 3. The quantitative estimate of drug-likeness (QED) is 0.546. The molecule has 0 saturated heterocycles. The van der Waals surface area contributed by atoms with Gasteiger partial charge in [0.05, 0.1) is 0 Å². The van der Waals surface area contributed by atoms with Gasteiger partial charge in [-0.1, -0.05) is 13.8 Å². The first-order valence-electron chi connectivity index (χ1n) is 6.51. The summed E-state index contributed by atoms with van der Waals surface area (Å²) in [6.07, 6.45) is 0. The summed E-state index contributed by atoms with van der Waals surface area (Å²) >= 11 is 0. The molecule has 0 aromatic heterocycles. The summed E-state index contributed by atoms with van der Waals surface area (Å²) in [7, 11) is 0. The Hall–Kier alpha value is -1.83. The minimum absolute atomic E-state index is 0.201.